The van der Waals surface area contributed by atoms with E-state index in [1.54, 1.807) is 24.3 Å². The highest BCUT2D eigenvalue weighted by molar-refractivity contribution is 6.31. The van der Waals surface area contributed by atoms with Gasteiger partial charge in [0.1, 0.15) is 35.9 Å². The van der Waals surface area contributed by atoms with Gasteiger partial charge in [-0.15, -0.1) is 0 Å². The number of carbonyl (C=O) groups is 2. The van der Waals surface area contributed by atoms with Crippen molar-refractivity contribution in [1.82, 2.24) is 14.9 Å². The molecule has 0 bridgehead atoms. The van der Waals surface area contributed by atoms with Gasteiger partial charge in [-0.25, -0.2) is 14.4 Å². The van der Waals surface area contributed by atoms with E-state index in [1.165, 1.54) is 24.5 Å². The fourth-order valence-corrected chi connectivity index (χ4v) is 4.59. The van der Waals surface area contributed by atoms with Gasteiger partial charge in [0.05, 0.1) is 36.0 Å². The van der Waals surface area contributed by atoms with Gasteiger partial charge in [0, 0.05) is 42.7 Å². The summed E-state index contributed by atoms with van der Waals surface area (Å²) in [5.74, 6) is -0.293. The van der Waals surface area contributed by atoms with E-state index in [4.69, 9.17) is 25.8 Å². The molecule has 5 rings (SSSR count). The molecular weight excluding hydrogens is 529 g/mol. The molecule has 2 N–H and O–H groups in total. The monoisotopic (exact) mass is 555 g/mol. The maximum Gasteiger partial charge on any atom is 0.320 e. The minimum Gasteiger partial charge on any atom is -0.486 e. The molecule has 0 spiro atoms. The molecule has 0 unspecified atom stereocenters. The normalized spacial score (nSPS) is 19.8. The SMILES string of the molecule is C[C@@H]1CN(C/C=C/C(=O)Nc2cc3c(Nc4ccc(F)c(Cl)c4)ncnc3cc2O[C@H]2CCOC2)CC(=O)O1. The lowest BCUT2D eigenvalue weighted by molar-refractivity contribution is -0.156. The van der Waals surface area contributed by atoms with Crippen molar-refractivity contribution in [1.29, 1.82) is 0 Å². The molecule has 2 aliphatic heterocycles. The van der Waals surface area contributed by atoms with Gasteiger partial charge < -0.3 is 24.8 Å². The smallest absolute Gasteiger partial charge is 0.320 e. The Hall–Kier alpha value is -3.80. The number of hydrogen-bond acceptors (Lipinski definition) is 9. The molecule has 2 aromatic carbocycles. The summed E-state index contributed by atoms with van der Waals surface area (Å²) in [6.07, 6.45) is 4.89. The number of fused-ring (bicyclic) bond motifs is 1. The number of halogens is 2. The second kappa shape index (κ2) is 11.9. The number of carbonyl (C=O) groups excluding carboxylic acids is 2. The van der Waals surface area contributed by atoms with Gasteiger partial charge in [-0.3, -0.25) is 14.5 Å². The molecule has 1 amide bonds. The van der Waals surface area contributed by atoms with E-state index in [-0.39, 0.29) is 35.7 Å². The molecule has 0 saturated carbocycles. The third-order valence-corrected chi connectivity index (χ3v) is 6.48. The Morgan fingerprint density at radius 2 is 2.18 bits per heavy atom. The number of esters is 1. The standard InChI is InChI=1S/C27H27ClFN5O5/c1-16-12-34(13-26(36)38-16)7-2-3-25(35)33-23-10-19-22(11-24(23)39-18-6-8-37-14-18)30-15-31-27(19)32-17-4-5-21(29)20(28)9-17/h2-5,9-11,15-16,18H,6-8,12-14H2,1H3,(H,33,35)(H,30,31,32)/b3-2+/t16-,18+/m1/s1. The van der Waals surface area contributed by atoms with Crippen LogP contribution in [-0.2, 0) is 19.1 Å². The van der Waals surface area contributed by atoms with Crippen LogP contribution in [0.3, 0.4) is 0 Å². The minimum atomic E-state index is -0.528. The molecule has 2 atom stereocenters. The zero-order valence-corrected chi connectivity index (χ0v) is 21.9. The molecule has 3 heterocycles. The Bertz CT molecular complexity index is 1410. The number of nitrogens with zero attached hydrogens (tertiary/aromatic N) is 3. The molecule has 1 aromatic heterocycles. The number of morpholine rings is 1. The van der Waals surface area contributed by atoms with Crippen molar-refractivity contribution in [2.45, 2.75) is 25.6 Å². The number of benzene rings is 2. The molecule has 2 saturated heterocycles. The largest absolute Gasteiger partial charge is 0.486 e. The summed E-state index contributed by atoms with van der Waals surface area (Å²) < 4.78 is 30.4. The minimum absolute atomic E-state index is 0.0246. The van der Waals surface area contributed by atoms with Crippen LogP contribution in [-0.4, -0.2) is 71.8 Å². The first-order valence-electron chi connectivity index (χ1n) is 12.5. The van der Waals surface area contributed by atoms with Crippen LogP contribution >= 0.6 is 11.6 Å². The van der Waals surface area contributed by atoms with Crippen molar-refractivity contribution in [3.8, 4) is 5.75 Å². The molecule has 3 aromatic rings. The van der Waals surface area contributed by atoms with Crippen molar-refractivity contribution >= 4 is 51.6 Å². The predicted octanol–water partition coefficient (Wildman–Crippen LogP) is 4.08. The van der Waals surface area contributed by atoms with Crippen LogP contribution in [0.25, 0.3) is 10.9 Å². The molecule has 2 fully saturated rings. The van der Waals surface area contributed by atoms with Gasteiger partial charge in [0.25, 0.3) is 0 Å². The topological polar surface area (TPSA) is 115 Å². The zero-order valence-electron chi connectivity index (χ0n) is 21.2. The van der Waals surface area contributed by atoms with E-state index in [2.05, 4.69) is 20.6 Å². The van der Waals surface area contributed by atoms with Gasteiger partial charge in [-0.2, -0.15) is 0 Å². The van der Waals surface area contributed by atoms with Crippen LogP contribution < -0.4 is 15.4 Å². The van der Waals surface area contributed by atoms with Crippen molar-refractivity contribution in [2.24, 2.45) is 0 Å². The van der Waals surface area contributed by atoms with E-state index in [0.717, 1.165) is 6.42 Å². The summed E-state index contributed by atoms with van der Waals surface area (Å²) >= 11 is 5.93. The molecule has 0 radical (unpaired) electrons. The lowest BCUT2D eigenvalue weighted by atomic mass is 10.1. The number of ether oxygens (including phenoxy) is 3. The number of nitrogens with one attached hydrogen (secondary N) is 2. The predicted molar refractivity (Wildman–Crippen MR) is 144 cm³/mol. The molecular formula is C27H27ClFN5O5. The van der Waals surface area contributed by atoms with E-state index in [1.807, 2.05) is 11.8 Å². The Kier molecular flexibility index (Phi) is 8.20. The summed E-state index contributed by atoms with van der Waals surface area (Å²) in [6, 6.07) is 7.72. The Morgan fingerprint density at radius 1 is 1.31 bits per heavy atom. The quantitative estimate of drug-likeness (QED) is 0.313. The van der Waals surface area contributed by atoms with Crippen molar-refractivity contribution in [3.63, 3.8) is 0 Å². The first-order valence-corrected chi connectivity index (χ1v) is 12.9. The number of cyclic esters (lactones) is 1. The third-order valence-electron chi connectivity index (χ3n) is 6.19. The van der Waals surface area contributed by atoms with Gasteiger partial charge >= 0.3 is 5.97 Å². The number of rotatable bonds is 8. The zero-order chi connectivity index (χ0) is 27.4. The number of amides is 1. The Labute approximate surface area is 229 Å². The van der Waals surface area contributed by atoms with Crippen LogP contribution in [0.4, 0.5) is 21.6 Å². The fraction of sp³-hybridized carbons (Fsp3) is 0.333. The summed E-state index contributed by atoms with van der Waals surface area (Å²) in [4.78, 5) is 35.1. The van der Waals surface area contributed by atoms with E-state index in [0.29, 0.717) is 60.1 Å². The second-order valence-corrected chi connectivity index (χ2v) is 9.74. The third kappa shape index (κ3) is 6.80. The maximum absolute atomic E-state index is 13.6. The fourth-order valence-electron chi connectivity index (χ4n) is 4.41. The Morgan fingerprint density at radius 3 is 2.95 bits per heavy atom. The first-order chi connectivity index (χ1) is 18.8. The van der Waals surface area contributed by atoms with E-state index < -0.39 is 5.82 Å². The summed E-state index contributed by atoms with van der Waals surface area (Å²) in [6.45, 7) is 4.08. The van der Waals surface area contributed by atoms with Gasteiger partial charge in [0.2, 0.25) is 5.91 Å². The lowest BCUT2D eigenvalue weighted by Crippen LogP contribution is -2.44. The second-order valence-electron chi connectivity index (χ2n) is 9.33. The molecule has 204 valence electrons. The summed E-state index contributed by atoms with van der Waals surface area (Å²) in [7, 11) is 0. The van der Waals surface area contributed by atoms with Crippen LogP contribution in [0.2, 0.25) is 5.02 Å². The van der Waals surface area contributed by atoms with E-state index >= 15 is 0 Å². The number of hydrogen-bond donors (Lipinski definition) is 2. The van der Waals surface area contributed by atoms with Gasteiger partial charge in [-0.1, -0.05) is 17.7 Å². The van der Waals surface area contributed by atoms with Crippen molar-refractivity contribution < 1.29 is 28.2 Å². The molecule has 39 heavy (non-hydrogen) atoms. The number of aromatic nitrogens is 2. The molecule has 0 aliphatic carbocycles. The summed E-state index contributed by atoms with van der Waals surface area (Å²) in [5, 5.41) is 6.60. The van der Waals surface area contributed by atoms with Crippen molar-refractivity contribution in [3.05, 3.63) is 59.7 Å². The van der Waals surface area contributed by atoms with Gasteiger partial charge in [-0.05, 0) is 31.2 Å². The van der Waals surface area contributed by atoms with E-state index in [9.17, 15) is 14.0 Å². The van der Waals surface area contributed by atoms with Crippen LogP contribution in [0, 0.1) is 5.82 Å². The summed E-state index contributed by atoms with van der Waals surface area (Å²) in [5.41, 5.74) is 1.54. The van der Waals surface area contributed by atoms with Crippen LogP contribution in [0.5, 0.6) is 5.75 Å². The van der Waals surface area contributed by atoms with Crippen LogP contribution in [0.15, 0.2) is 48.8 Å². The number of anilines is 3. The average molecular weight is 556 g/mol. The maximum atomic E-state index is 13.6. The molecule has 12 heteroatoms. The Balaban J connectivity index is 1.39. The highest BCUT2D eigenvalue weighted by Gasteiger charge is 2.23. The van der Waals surface area contributed by atoms with Crippen molar-refractivity contribution in [2.75, 3.05) is 43.5 Å². The molecule has 10 nitrogen and oxygen atoms in total. The lowest BCUT2D eigenvalue weighted by Gasteiger charge is -2.29. The molecule has 2 aliphatic rings. The average Bonchev–Trinajstić information content (AvgIpc) is 3.40. The highest BCUT2D eigenvalue weighted by Crippen LogP contribution is 2.35. The first kappa shape index (κ1) is 26.8. The van der Waals surface area contributed by atoms with Crippen LogP contribution in [0.1, 0.15) is 13.3 Å². The highest BCUT2D eigenvalue weighted by atomic mass is 35.5. The van der Waals surface area contributed by atoms with Gasteiger partial charge in [0.15, 0.2) is 0 Å².